The Morgan fingerprint density at radius 3 is 3.08 bits per heavy atom. The van der Waals surface area contributed by atoms with E-state index < -0.39 is 0 Å². The van der Waals surface area contributed by atoms with Crippen LogP contribution in [0.5, 0.6) is 0 Å². The summed E-state index contributed by atoms with van der Waals surface area (Å²) in [5.41, 5.74) is 3.19. The van der Waals surface area contributed by atoms with Gasteiger partial charge >= 0.3 is 6.03 Å². The Balaban J connectivity index is 1.44. The molecule has 4 rings (SSSR count). The molecule has 0 spiro atoms. The van der Waals surface area contributed by atoms with Crippen LogP contribution in [0.4, 0.5) is 4.79 Å². The van der Waals surface area contributed by atoms with Crippen LogP contribution in [-0.4, -0.2) is 32.7 Å². The van der Waals surface area contributed by atoms with Gasteiger partial charge in [-0.1, -0.05) is 18.2 Å². The molecule has 3 aromatic rings. The van der Waals surface area contributed by atoms with E-state index in [-0.39, 0.29) is 12.1 Å². The van der Waals surface area contributed by atoms with Gasteiger partial charge in [-0.3, -0.25) is 5.10 Å². The fraction of sp³-hybridized carbons (Fsp3) is 0.333. The van der Waals surface area contributed by atoms with E-state index in [0.717, 1.165) is 48.0 Å². The third kappa shape index (κ3) is 2.87. The Kier molecular flexibility index (Phi) is 3.94. The number of para-hydroxylation sites is 1. The van der Waals surface area contributed by atoms with E-state index in [1.54, 1.807) is 0 Å². The van der Waals surface area contributed by atoms with Gasteiger partial charge in [0, 0.05) is 29.5 Å². The molecule has 1 atom stereocenters. The number of piperidine rings is 1. The number of rotatable bonds is 3. The van der Waals surface area contributed by atoms with Crippen molar-refractivity contribution in [2.24, 2.45) is 0 Å². The quantitative estimate of drug-likeness (QED) is 0.691. The Labute approximate surface area is 140 Å². The lowest BCUT2D eigenvalue weighted by atomic mass is 9.98. The summed E-state index contributed by atoms with van der Waals surface area (Å²) in [6.07, 6.45) is 6.87. The minimum atomic E-state index is -0.0143. The Bertz CT molecular complexity index is 790. The molecule has 0 aliphatic carbocycles. The number of aromatic amines is 2. The summed E-state index contributed by atoms with van der Waals surface area (Å²) in [6, 6.07) is 10.3. The summed E-state index contributed by atoms with van der Waals surface area (Å²) in [6.45, 7) is 1.29. The SMILES string of the molecule is O=C(NCc1cc2ccccc2[nH]1)N1CCCC[C@H]1c1cn[nH]c1. The van der Waals surface area contributed by atoms with E-state index in [9.17, 15) is 4.79 Å². The van der Waals surface area contributed by atoms with Crippen LogP contribution in [0.3, 0.4) is 0 Å². The van der Waals surface area contributed by atoms with Gasteiger partial charge in [0.05, 0.1) is 18.8 Å². The van der Waals surface area contributed by atoms with Crippen molar-refractivity contribution in [1.82, 2.24) is 25.4 Å². The molecular formula is C18H21N5O. The molecule has 2 amide bonds. The fourth-order valence-electron chi connectivity index (χ4n) is 3.47. The topological polar surface area (TPSA) is 76.8 Å². The number of carbonyl (C=O) groups excluding carboxylic acids is 1. The van der Waals surface area contributed by atoms with Crippen molar-refractivity contribution >= 4 is 16.9 Å². The third-order valence-corrected chi connectivity index (χ3v) is 4.68. The number of urea groups is 1. The number of fused-ring (bicyclic) bond motifs is 1. The Morgan fingerprint density at radius 1 is 1.33 bits per heavy atom. The molecule has 1 aromatic carbocycles. The lowest BCUT2D eigenvalue weighted by Crippen LogP contribution is -2.44. The molecule has 1 saturated heterocycles. The maximum Gasteiger partial charge on any atom is 0.318 e. The van der Waals surface area contributed by atoms with Gasteiger partial charge in [-0.2, -0.15) is 5.10 Å². The van der Waals surface area contributed by atoms with E-state index in [0.29, 0.717) is 6.54 Å². The molecule has 3 N–H and O–H groups in total. The van der Waals surface area contributed by atoms with Crippen molar-refractivity contribution in [1.29, 1.82) is 0 Å². The predicted octanol–water partition coefficient (Wildman–Crippen LogP) is 3.33. The molecule has 0 saturated carbocycles. The Hall–Kier alpha value is -2.76. The number of hydrogen-bond acceptors (Lipinski definition) is 2. The van der Waals surface area contributed by atoms with Crippen molar-refractivity contribution in [2.45, 2.75) is 31.8 Å². The zero-order chi connectivity index (χ0) is 16.4. The second kappa shape index (κ2) is 6.39. The molecule has 1 aliphatic heterocycles. The van der Waals surface area contributed by atoms with Crippen molar-refractivity contribution < 1.29 is 4.79 Å². The molecule has 2 aromatic heterocycles. The molecule has 0 radical (unpaired) electrons. The maximum absolute atomic E-state index is 12.7. The highest BCUT2D eigenvalue weighted by atomic mass is 16.2. The van der Waals surface area contributed by atoms with Crippen LogP contribution in [0, 0.1) is 0 Å². The predicted molar refractivity (Wildman–Crippen MR) is 92.4 cm³/mol. The lowest BCUT2D eigenvalue weighted by Gasteiger charge is -2.35. The maximum atomic E-state index is 12.7. The van der Waals surface area contributed by atoms with Crippen LogP contribution in [0.1, 0.15) is 36.6 Å². The average Bonchev–Trinajstić information content (AvgIpc) is 3.28. The van der Waals surface area contributed by atoms with E-state index in [1.807, 2.05) is 35.5 Å². The number of amides is 2. The standard InChI is InChI=1S/C18H21N5O/c24-18(19-12-15-9-13-5-1-2-6-16(13)22-15)23-8-4-3-7-17(23)14-10-20-21-11-14/h1-2,5-6,9-11,17,22H,3-4,7-8,12H2,(H,19,24)(H,20,21)/t17-/m0/s1. The minimum absolute atomic E-state index is 0.0143. The number of hydrogen-bond donors (Lipinski definition) is 3. The molecule has 124 valence electrons. The second-order valence-corrected chi connectivity index (χ2v) is 6.28. The van der Waals surface area contributed by atoms with Crippen LogP contribution in [0.2, 0.25) is 0 Å². The summed E-state index contributed by atoms with van der Waals surface area (Å²) < 4.78 is 0. The number of H-pyrrole nitrogens is 2. The number of carbonyl (C=O) groups is 1. The first-order chi connectivity index (χ1) is 11.8. The smallest absolute Gasteiger partial charge is 0.318 e. The fourth-order valence-corrected chi connectivity index (χ4v) is 3.47. The van der Waals surface area contributed by atoms with Crippen LogP contribution in [0.25, 0.3) is 10.9 Å². The van der Waals surface area contributed by atoms with E-state index in [4.69, 9.17) is 0 Å². The highest BCUT2D eigenvalue weighted by Gasteiger charge is 2.28. The van der Waals surface area contributed by atoms with Crippen molar-refractivity contribution in [2.75, 3.05) is 6.54 Å². The molecule has 6 nitrogen and oxygen atoms in total. The molecule has 0 bridgehead atoms. The summed E-state index contributed by atoms with van der Waals surface area (Å²) in [7, 11) is 0. The number of nitrogens with one attached hydrogen (secondary N) is 3. The average molecular weight is 323 g/mol. The first-order valence-electron chi connectivity index (χ1n) is 8.41. The largest absolute Gasteiger partial charge is 0.357 e. The van der Waals surface area contributed by atoms with Gasteiger partial charge in [0.15, 0.2) is 0 Å². The van der Waals surface area contributed by atoms with Gasteiger partial charge in [0.2, 0.25) is 0 Å². The van der Waals surface area contributed by atoms with Gasteiger partial charge in [0.25, 0.3) is 0 Å². The lowest BCUT2D eigenvalue weighted by molar-refractivity contribution is 0.151. The first-order valence-corrected chi connectivity index (χ1v) is 8.41. The molecule has 0 unspecified atom stereocenters. The van der Waals surface area contributed by atoms with E-state index >= 15 is 0 Å². The number of benzene rings is 1. The second-order valence-electron chi connectivity index (χ2n) is 6.28. The van der Waals surface area contributed by atoms with Crippen LogP contribution in [-0.2, 0) is 6.54 Å². The monoisotopic (exact) mass is 323 g/mol. The minimum Gasteiger partial charge on any atom is -0.357 e. The van der Waals surface area contributed by atoms with Crippen molar-refractivity contribution in [3.63, 3.8) is 0 Å². The van der Waals surface area contributed by atoms with Crippen LogP contribution < -0.4 is 5.32 Å². The van der Waals surface area contributed by atoms with Gasteiger partial charge in [0.1, 0.15) is 0 Å². The summed E-state index contributed by atoms with van der Waals surface area (Å²) in [4.78, 5) is 17.9. The molecule has 1 fully saturated rings. The molecule has 1 aliphatic rings. The van der Waals surface area contributed by atoms with Crippen molar-refractivity contribution in [3.05, 3.63) is 54.0 Å². The number of likely N-dealkylation sites (tertiary alicyclic amines) is 1. The van der Waals surface area contributed by atoms with Gasteiger partial charge in [-0.05, 0) is 36.8 Å². The van der Waals surface area contributed by atoms with E-state index in [2.05, 4.69) is 32.6 Å². The Morgan fingerprint density at radius 2 is 2.25 bits per heavy atom. The zero-order valence-corrected chi connectivity index (χ0v) is 13.5. The number of aromatic nitrogens is 3. The van der Waals surface area contributed by atoms with Gasteiger partial charge in [-0.15, -0.1) is 0 Å². The molecule has 6 heteroatoms. The molecule has 24 heavy (non-hydrogen) atoms. The summed E-state index contributed by atoms with van der Waals surface area (Å²) in [5, 5.41) is 11.1. The first kappa shape index (κ1) is 14.8. The third-order valence-electron chi connectivity index (χ3n) is 4.68. The van der Waals surface area contributed by atoms with Crippen molar-refractivity contribution in [3.8, 4) is 0 Å². The number of nitrogens with zero attached hydrogens (tertiary/aromatic N) is 2. The zero-order valence-electron chi connectivity index (χ0n) is 13.5. The summed E-state index contributed by atoms with van der Waals surface area (Å²) >= 11 is 0. The van der Waals surface area contributed by atoms with Crippen LogP contribution in [0.15, 0.2) is 42.7 Å². The van der Waals surface area contributed by atoms with E-state index in [1.165, 1.54) is 0 Å². The van der Waals surface area contributed by atoms with Gasteiger partial charge < -0.3 is 15.2 Å². The highest BCUT2D eigenvalue weighted by Crippen LogP contribution is 2.30. The summed E-state index contributed by atoms with van der Waals surface area (Å²) in [5.74, 6) is 0. The van der Waals surface area contributed by atoms with Gasteiger partial charge in [-0.25, -0.2) is 4.79 Å². The van der Waals surface area contributed by atoms with Crippen LogP contribution >= 0.6 is 0 Å². The normalized spacial score (nSPS) is 18.0. The highest BCUT2D eigenvalue weighted by molar-refractivity contribution is 5.80. The molecular weight excluding hydrogens is 302 g/mol. The molecule has 3 heterocycles.